The second-order valence-electron chi connectivity index (χ2n) is 5.82. The SMILES string of the molecule is O=S(=O)(Nc1ccc(S(=O)(=O)C(F)(F)F)cc1Oc1cccnc1)c1ccccc1. The number of anilines is 1. The molecule has 0 fully saturated rings. The van der Waals surface area contributed by atoms with Crippen molar-refractivity contribution in [3.05, 3.63) is 73.1 Å². The number of benzene rings is 2. The number of alkyl halides is 3. The van der Waals surface area contributed by atoms with Crippen molar-refractivity contribution in [2.24, 2.45) is 0 Å². The molecule has 1 aromatic heterocycles. The summed E-state index contributed by atoms with van der Waals surface area (Å²) in [7, 11) is -9.80. The van der Waals surface area contributed by atoms with Crippen molar-refractivity contribution in [1.82, 2.24) is 4.98 Å². The molecule has 0 unspecified atom stereocenters. The number of sulfone groups is 1. The van der Waals surface area contributed by atoms with E-state index in [1.165, 1.54) is 48.8 Å². The third kappa shape index (κ3) is 4.54. The monoisotopic (exact) mass is 458 g/mol. The van der Waals surface area contributed by atoms with E-state index in [1.54, 1.807) is 6.07 Å². The number of sulfonamides is 1. The summed E-state index contributed by atoms with van der Waals surface area (Å²) < 4.78 is 95.0. The highest BCUT2D eigenvalue weighted by molar-refractivity contribution is 7.93. The van der Waals surface area contributed by atoms with E-state index in [0.717, 1.165) is 6.07 Å². The van der Waals surface area contributed by atoms with Gasteiger partial charge in [0.25, 0.3) is 19.9 Å². The van der Waals surface area contributed by atoms with Crippen LogP contribution in [0.4, 0.5) is 18.9 Å². The van der Waals surface area contributed by atoms with Crippen LogP contribution < -0.4 is 9.46 Å². The van der Waals surface area contributed by atoms with Gasteiger partial charge < -0.3 is 4.74 Å². The molecule has 3 rings (SSSR count). The average molecular weight is 458 g/mol. The first kappa shape index (κ1) is 21.6. The van der Waals surface area contributed by atoms with Crippen LogP contribution in [-0.4, -0.2) is 27.3 Å². The molecule has 0 amide bonds. The third-order valence-electron chi connectivity index (χ3n) is 3.73. The van der Waals surface area contributed by atoms with Crippen molar-refractivity contribution in [1.29, 1.82) is 0 Å². The van der Waals surface area contributed by atoms with Crippen molar-refractivity contribution in [3.63, 3.8) is 0 Å². The fraction of sp³-hybridized carbons (Fsp3) is 0.0556. The van der Waals surface area contributed by atoms with Crippen LogP contribution in [0.1, 0.15) is 0 Å². The fourth-order valence-corrected chi connectivity index (χ4v) is 4.18. The number of hydrogen-bond acceptors (Lipinski definition) is 6. The van der Waals surface area contributed by atoms with Gasteiger partial charge in [-0.2, -0.15) is 13.2 Å². The highest BCUT2D eigenvalue weighted by Gasteiger charge is 2.47. The Kier molecular flexibility index (Phi) is 5.72. The molecule has 0 aliphatic carbocycles. The first-order valence-electron chi connectivity index (χ1n) is 8.12. The molecule has 0 atom stereocenters. The second-order valence-corrected chi connectivity index (χ2v) is 9.44. The van der Waals surface area contributed by atoms with Crippen LogP contribution in [0.2, 0.25) is 0 Å². The second kappa shape index (κ2) is 7.95. The maximum absolute atomic E-state index is 12.9. The smallest absolute Gasteiger partial charge is 0.453 e. The van der Waals surface area contributed by atoms with Gasteiger partial charge in [0.1, 0.15) is 5.75 Å². The number of hydrogen-bond donors (Lipinski definition) is 1. The molecule has 0 aliphatic heterocycles. The van der Waals surface area contributed by atoms with Crippen molar-refractivity contribution in [2.45, 2.75) is 15.3 Å². The standard InChI is InChI=1S/C18H13F3N2O5S2/c19-18(20,21)29(24,25)15-8-9-16(17(11-15)28-13-5-4-10-22-12-13)23-30(26,27)14-6-2-1-3-7-14/h1-12,23H. The topological polar surface area (TPSA) is 102 Å². The van der Waals surface area contributed by atoms with Crippen LogP contribution in [0.3, 0.4) is 0 Å². The fourth-order valence-electron chi connectivity index (χ4n) is 2.31. The summed E-state index contributed by atoms with van der Waals surface area (Å²) in [5.74, 6) is -0.396. The number of nitrogens with one attached hydrogen (secondary N) is 1. The average Bonchev–Trinajstić information content (AvgIpc) is 2.69. The lowest BCUT2D eigenvalue weighted by Crippen LogP contribution is -2.23. The molecule has 0 spiro atoms. The highest BCUT2D eigenvalue weighted by atomic mass is 32.2. The van der Waals surface area contributed by atoms with Crippen LogP contribution in [-0.2, 0) is 19.9 Å². The van der Waals surface area contributed by atoms with Gasteiger partial charge >= 0.3 is 5.51 Å². The van der Waals surface area contributed by atoms with E-state index in [9.17, 15) is 30.0 Å². The third-order valence-corrected chi connectivity index (χ3v) is 6.59. The zero-order valence-corrected chi connectivity index (χ0v) is 16.5. The highest BCUT2D eigenvalue weighted by Crippen LogP contribution is 2.37. The predicted octanol–water partition coefficient (Wildman–Crippen LogP) is 3.97. The van der Waals surface area contributed by atoms with Crippen LogP contribution in [0.25, 0.3) is 0 Å². The molecule has 0 aliphatic rings. The molecule has 12 heteroatoms. The zero-order chi connectivity index (χ0) is 22.0. The number of aromatic nitrogens is 1. The maximum atomic E-state index is 12.9. The van der Waals surface area contributed by atoms with E-state index in [0.29, 0.717) is 12.1 Å². The van der Waals surface area contributed by atoms with Crippen molar-refractivity contribution >= 4 is 25.5 Å². The first-order chi connectivity index (χ1) is 14.0. The summed E-state index contributed by atoms with van der Waals surface area (Å²) in [5.41, 5.74) is -5.80. The van der Waals surface area contributed by atoms with Crippen LogP contribution in [0, 0.1) is 0 Å². The molecule has 1 N–H and O–H groups in total. The Hall–Kier alpha value is -3.12. The van der Waals surface area contributed by atoms with Crippen molar-refractivity contribution in [3.8, 4) is 11.5 Å². The normalized spacial score (nSPS) is 12.4. The summed E-state index contributed by atoms with van der Waals surface area (Å²) in [5, 5.41) is 0. The van der Waals surface area contributed by atoms with Gasteiger partial charge in [0.2, 0.25) is 0 Å². The van der Waals surface area contributed by atoms with E-state index in [-0.39, 0.29) is 16.3 Å². The molecular formula is C18H13F3N2O5S2. The lowest BCUT2D eigenvalue weighted by molar-refractivity contribution is -0.0436. The van der Waals surface area contributed by atoms with E-state index >= 15 is 0 Å². The van der Waals surface area contributed by atoms with Crippen molar-refractivity contribution in [2.75, 3.05) is 4.72 Å². The lowest BCUT2D eigenvalue weighted by Gasteiger charge is -2.15. The van der Waals surface area contributed by atoms with Crippen LogP contribution in [0.5, 0.6) is 11.5 Å². The van der Waals surface area contributed by atoms with Crippen LogP contribution >= 0.6 is 0 Å². The molecule has 3 aromatic rings. The van der Waals surface area contributed by atoms with E-state index in [4.69, 9.17) is 4.74 Å². The molecule has 0 radical (unpaired) electrons. The van der Waals surface area contributed by atoms with E-state index in [1.807, 2.05) is 0 Å². The predicted molar refractivity (Wildman–Crippen MR) is 101 cm³/mol. The minimum atomic E-state index is -5.68. The van der Waals surface area contributed by atoms with Gasteiger partial charge in [-0.3, -0.25) is 9.71 Å². The summed E-state index contributed by atoms with van der Waals surface area (Å²) in [6, 6.07) is 12.2. The summed E-state index contributed by atoms with van der Waals surface area (Å²) >= 11 is 0. The molecule has 7 nitrogen and oxygen atoms in total. The molecule has 158 valence electrons. The van der Waals surface area contributed by atoms with Gasteiger partial charge in [0.05, 0.1) is 21.7 Å². The van der Waals surface area contributed by atoms with Gasteiger partial charge in [-0.15, -0.1) is 0 Å². The van der Waals surface area contributed by atoms with Crippen LogP contribution in [0.15, 0.2) is 82.8 Å². The molecule has 30 heavy (non-hydrogen) atoms. The Morgan fingerprint density at radius 3 is 2.17 bits per heavy atom. The minimum Gasteiger partial charge on any atom is -0.453 e. The maximum Gasteiger partial charge on any atom is 0.501 e. The van der Waals surface area contributed by atoms with E-state index < -0.39 is 36.0 Å². The molecule has 1 heterocycles. The number of halogens is 3. The summed E-state index contributed by atoms with van der Waals surface area (Å²) in [4.78, 5) is 2.57. The Bertz CT molecular complexity index is 1250. The zero-order valence-electron chi connectivity index (χ0n) is 14.9. The molecule has 0 saturated carbocycles. The van der Waals surface area contributed by atoms with Gasteiger partial charge in [-0.05, 0) is 36.4 Å². The Labute approximate surface area is 170 Å². The Morgan fingerprint density at radius 2 is 1.57 bits per heavy atom. The molecular weight excluding hydrogens is 445 g/mol. The van der Waals surface area contributed by atoms with Gasteiger partial charge in [-0.25, -0.2) is 16.8 Å². The largest absolute Gasteiger partial charge is 0.501 e. The summed E-state index contributed by atoms with van der Waals surface area (Å²) in [6.45, 7) is 0. The lowest BCUT2D eigenvalue weighted by atomic mass is 10.3. The molecule has 2 aromatic carbocycles. The quantitative estimate of drug-likeness (QED) is 0.600. The number of nitrogens with zero attached hydrogens (tertiary/aromatic N) is 1. The summed E-state index contributed by atoms with van der Waals surface area (Å²) in [6.07, 6.45) is 2.64. The van der Waals surface area contributed by atoms with E-state index in [2.05, 4.69) is 9.71 Å². The first-order valence-corrected chi connectivity index (χ1v) is 11.1. The minimum absolute atomic E-state index is 0.0548. The Balaban J connectivity index is 2.08. The number of pyridine rings is 1. The van der Waals surface area contributed by atoms with Gasteiger partial charge in [0, 0.05) is 12.3 Å². The van der Waals surface area contributed by atoms with Gasteiger partial charge in [-0.1, -0.05) is 18.2 Å². The molecule has 0 saturated heterocycles. The Morgan fingerprint density at radius 1 is 0.867 bits per heavy atom. The molecule has 0 bridgehead atoms. The van der Waals surface area contributed by atoms with Crippen molar-refractivity contribution < 1.29 is 34.7 Å². The number of ether oxygens (including phenoxy) is 1. The van der Waals surface area contributed by atoms with Gasteiger partial charge in [0.15, 0.2) is 5.75 Å². The number of rotatable bonds is 6.